The van der Waals surface area contributed by atoms with Gasteiger partial charge in [0.1, 0.15) is 6.04 Å². The third kappa shape index (κ3) is 2.24. The maximum atomic E-state index is 11.9. The summed E-state index contributed by atoms with van der Waals surface area (Å²) in [6, 6.07) is 2.61. The Kier molecular flexibility index (Phi) is 4.10. The molecule has 1 aromatic rings. The molecule has 1 rings (SSSR count). The van der Waals surface area contributed by atoms with Gasteiger partial charge in [-0.05, 0) is 18.6 Å². The van der Waals surface area contributed by atoms with Gasteiger partial charge in [0, 0.05) is 6.20 Å². The average molecular weight is 225 g/mol. The van der Waals surface area contributed by atoms with Crippen LogP contribution in [0, 0.1) is 0 Å². The number of rotatable bonds is 4. The van der Waals surface area contributed by atoms with Crippen molar-refractivity contribution in [1.82, 2.24) is 4.57 Å². The van der Waals surface area contributed by atoms with E-state index in [4.69, 9.17) is 4.74 Å². The standard InChI is InChI=1S/C11H15NO4/c1-4-8(11(14)16-3)12-7-5-6-9(15-2)10(12)13/h5-8H,4H2,1-3H3. The van der Waals surface area contributed by atoms with Crippen molar-refractivity contribution in [1.29, 1.82) is 0 Å². The molecule has 0 aliphatic heterocycles. The Morgan fingerprint density at radius 2 is 2.19 bits per heavy atom. The summed E-state index contributed by atoms with van der Waals surface area (Å²) in [6.07, 6.45) is 2.04. The second-order valence-electron chi connectivity index (χ2n) is 3.24. The van der Waals surface area contributed by atoms with E-state index in [2.05, 4.69) is 4.74 Å². The third-order valence-electron chi connectivity index (χ3n) is 2.36. The molecule has 1 aromatic heterocycles. The Balaban J connectivity index is 3.20. The lowest BCUT2D eigenvalue weighted by molar-refractivity contribution is -0.144. The molecule has 0 radical (unpaired) electrons. The van der Waals surface area contributed by atoms with Crippen LogP contribution in [0.4, 0.5) is 0 Å². The number of hydrogen-bond donors (Lipinski definition) is 0. The maximum Gasteiger partial charge on any atom is 0.328 e. The number of aromatic nitrogens is 1. The van der Waals surface area contributed by atoms with Gasteiger partial charge in [-0.25, -0.2) is 4.79 Å². The Morgan fingerprint density at radius 1 is 1.50 bits per heavy atom. The van der Waals surface area contributed by atoms with Crippen LogP contribution in [0.2, 0.25) is 0 Å². The predicted octanol–water partition coefficient (Wildman–Crippen LogP) is 0.981. The quantitative estimate of drug-likeness (QED) is 0.717. The summed E-state index contributed by atoms with van der Waals surface area (Å²) in [5, 5.41) is 0. The van der Waals surface area contributed by atoms with Crippen molar-refractivity contribution >= 4 is 5.97 Å². The minimum Gasteiger partial charge on any atom is -0.491 e. The molecule has 0 aromatic carbocycles. The largest absolute Gasteiger partial charge is 0.491 e. The van der Waals surface area contributed by atoms with Gasteiger partial charge in [-0.1, -0.05) is 6.92 Å². The Labute approximate surface area is 93.6 Å². The van der Waals surface area contributed by atoms with Crippen molar-refractivity contribution in [2.24, 2.45) is 0 Å². The molecule has 1 heterocycles. The van der Waals surface area contributed by atoms with Gasteiger partial charge in [-0.15, -0.1) is 0 Å². The molecule has 0 spiro atoms. The Morgan fingerprint density at radius 3 is 2.69 bits per heavy atom. The zero-order chi connectivity index (χ0) is 12.1. The highest BCUT2D eigenvalue weighted by Gasteiger charge is 2.20. The number of carbonyl (C=O) groups excluding carboxylic acids is 1. The lowest BCUT2D eigenvalue weighted by Crippen LogP contribution is -2.30. The van der Waals surface area contributed by atoms with E-state index >= 15 is 0 Å². The van der Waals surface area contributed by atoms with E-state index in [-0.39, 0.29) is 11.3 Å². The van der Waals surface area contributed by atoms with Crippen molar-refractivity contribution in [2.45, 2.75) is 19.4 Å². The minimum absolute atomic E-state index is 0.213. The fourth-order valence-corrected chi connectivity index (χ4v) is 1.50. The van der Waals surface area contributed by atoms with Crippen LogP contribution in [0.25, 0.3) is 0 Å². The zero-order valence-electron chi connectivity index (χ0n) is 9.60. The van der Waals surface area contributed by atoms with E-state index < -0.39 is 12.0 Å². The first-order chi connectivity index (χ1) is 7.65. The molecule has 0 saturated carbocycles. The second-order valence-corrected chi connectivity index (χ2v) is 3.24. The highest BCUT2D eigenvalue weighted by atomic mass is 16.5. The van der Waals surface area contributed by atoms with Crippen LogP contribution in [0.3, 0.4) is 0 Å². The summed E-state index contributed by atoms with van der Waals surface area (Å²) in [5.74, 6) is -0.220. The maximum absolute atomic E-state index is 11.9. The van der Waals surface area contributed by atoms with E-state index in [1.54, 1.807) is 18.3 Å². The molecule has 5 heteroatoms. The summed E-state index contributed by atoms with van der Waals surface area (Å²) in [4.78, 5) is 23.3. The number of hydrogen-bond acceptors (Lipinski definition) is 4. The lowest BCUT2D eigenvalue weighted by Gasteiger charge is -2.16. The SMILES string of the molecule is CCC(C(=O)OC)n1cccc(OC)c1=O. The molecule has 0 saturated heterocycles. The first kappa shape index (κ1) is 12.3. The molecule has 0 fully saturated rings. The fourth-order valence-electron chi connectivity index (χ4n) is 1.50. The number of esters is 1. The highest BCUT2D eigenvalue weighted by molar-refractivity contribution is 5.74. The number of methoxy groups -OCH3 is 2. The predicted molar refractivity (Wildman–Crippen MR) is 58.6 cm³/mol. The molecule has 5 nitrogen and oxygen atoms in total. The van der Waals surface area contributed by atoms with Crippen LogP contribution in [0.1, 0.15) is 19.4 Å². The number of pyridine rings is 1. The molecular weight excluding hydrogens is 210 g/mol. The zero-order valence-corrected chi connectivity index (χ0v) is 9.60. The fraction of sp³-hybridized carbons (Fsp3) is 0.455. The topological polar surface area (TPSA) is 57.5 Å². The minimum atomic E-state index is -0.604. The van der Waals surface area contributed by atoms with E-state index in [0.29, 0.717) is 6.42 Å². The third-order valence-corrected chi connectivity index (χ3v) is 2.36. The van der Waals surface area contributed by atoms with Gasteiger partial charge in [0.25, 0.3) is 5.56 Å². The van der Waals surface area contributed by atoms with Crippen LogP contribution in [-0.4, -0.2) is 24.8 Å². The van der Waals surface area contributed by atoms with Crippen molar-refractivity contribution in [2.75, 3.05) is 14.2 Å². The van der Waals surface area contributed by atoms with Crippen LogP contribution in [0.15, 0.2) is 23.1 Å². The molecule has 88 valence electrons. The lowest BCUT2D eigenvalue weighted by atomic mass is 10.2. The molecule has 1 unspecified atom stereocenters. The molecule has 0 amide bonds. The second kappa shape index (κ2) is 5.34. The smallest absolute Gasteiger partial charge is 0.328 e. The van der Waals surface area contributed by atoms with E-state index in [9.17, 15) is 9.59 Å². The van der Waals surface area contributed by atoms with Gasteiger partial charge in [0.15, 0.2) is 5.75 Å². The first-order valence-electron chi connectivity index (χ1n) is 4.98. The van der Waals surface area contributed by atoms with Gasteiger partial charge < -0.3 is 9.47 Å². The molecule has 0 aliphatic carbocycles. The number of carbonyl (C=O) groups is 1. The van der Waals surface area contributed by atoms with Gasteiger partial charge in [-0.3, -0.25) is 9.36 Å². The summed E-state index contributed by atoms with van der Waals surface area (Å²) in [6.45, 7) is 1.81. The summed E-state index contributed by atoms with van der Waals surface area (Å²) in [5.41, 5.74) is -0.331. The average Bonchev–Trinajstić information content (AvgIpc) is 2.31. The van der Waals surface area contributed by atoms with E-state index in [1.807, 2.05) is 6.92 Å². The van der Waals surface area contributed by atoms with Crippen LogP contribution in [-0.2, 0) is 9.53 Å². The molecule has 1 atom stereocenters. The van der Waals surface area contributed by atoms with Crippen molar-refractivity contribution < 1.29 is 14.3 Å². The van der Waals surface area contributed by atoms with Gasteiger partial charge in [0.2, 0.25) is 0 Å². The van der Waals surface area contributed by atoms with E-state index in [1.165, 1.54) is 18.8 Å². The Bertz CT molecular complexity index is 424. The van der Waals surface area contributed by atoms with Crippen LogP contribution in [0.5, 0.6) is 5.75 Å². The number of ether oxygens (including phenoxy) is 2. The molecule has 0 N–H and O–H groups in total. The summed E-state index contributed by atoms with van der Waals surface area (Å²) in [7, 11) is 2.72. The van der Waals surface area contributed by atoms with Crippen molar-refractivity contribution in [3.05, 3.63) is 28.7 Å². The summed E-state index contributed by atoms with van der Waals surface area (Å²) >= 11 is 0. The summed E-state index contributed by atoms with van der Waals surface area (Å²) < 4.78 is 10.9. The van der Waals surface area contributed by atoms with Crippen molar-refractivity contribution in [3.8, 4) is 5.75 Å². The normalized spacial score (nSPS) is 11.9. The highest BCUT2D eigenvalue weighted by Crippen LogP contribution is 2.12. The molecular formula is C11H15NO4. The number of nitrogens with zero attached hydrogens (tertiary/aromatic N) is 1. The van der Waals surface area contributed by atoms with E-state index in [0.717, 1.165) is 0 Å². The van der Waals surface area contributed by atoms with Crippen LogP contribution < -0.4 is 10.3 Å². The van der Waals surface area contributed by atoms with Gasteiger partial charge >= 0.3 is 5.97 Å². The monoisotopic (exact) mass is 225 g/mol. The first-order valence-corrected chi connectivity index (χ1v) is 4.98. The Hall–Kier alpha value is -1.78. The van der Waals surface area contributed by atoms with Gasteiger partial charge in [-0.2, -0.15) is 0 Å². The molecule has 0 aliphatic rings. The van der Waals surface area contributed by atoms with Gasteiger partial charge in [0.05, 0.1) is 14.2 Å². The van der Waals surface area contributed by atoms with Crippen LogP contribution >= 0.6 is 0 Å². The molecule has 16 heavy (non-hydrogen) atoms. The van der Waals surface area contributed by atoms with Crippen molar-refractivity contribution in [3.63, 3.8) is 0 Å². The molecule has 0 bridgehead atoms.